The Morgan fingerprint density at radius 2 is 1.65 bits per heavy atom. The minimum absolute atomic E-state index is 1.21. The Balaban J connectivity index is 0.000000515. The van der Waals surface area contributed by atoms with E-state index in [-0.39, 0.29) is 0 Å². The van der Waals surface area contributed by atoms with Crippen molar-refractivity contribution >= 4 is 10.1 Å². The number of aromatic nitrogens is 1. The third-order valence-electron chi connectivity index (χ3n) is 3.22. The second-order valence-corrected chi connectivity index (χ2v) is 6.69. The van der Waals surface area contributed by atoms with E-state index in [0.29, 0.717) is 0 Å². The Labute approximate surface area is 136 Å². The number of alkyl halides is 3. The van der Waals surface area contributed by atoms with Gasteiger partial charge in [-0.05, 0) is 25.0 Å². The van der Waals surface area contributed by atoms with E-state index in [0.717, 1.165) is 0 Å². The summed E-state index contributed by atoms with van der Waals surface area (Å²) in [5.41, 5.74) is -4.03. The smallest absolute Gasteiger partial charge is 0.351 e. The molecule has 0 spiro atoms. The first-order valence-corrected chi connectivity index (χ1v) is 9.25. The third-order valence-corrected chi connectivity index (χ3v) is 3.81. The summed E-state index contributed by atoms with van der Waals surface area (Å²) < 4.78 is 60.0. The minimum atomic E-state index is -5.84. The number of nitrogens with zero attached hydrogens (tertiary/aromatic N) is 1. The molecule has 0 bridgehead atoms. The van der Waals surface area contributed by atoms with Gasteiger partial charge in [-0.2, -0.15) is 21.6 Å². The van der Waals surface area contributed by atoms with Crippen LogP contribution in [-0.2, 0) is 23.1 Å². The Hall–Kier alpha value is -1.02. The molecule has 136 valence electrons. The molecule has 1 N–H and O–H groups in total. The molecule has 0 radical (unpaired) electrons. The lowest BCUT2D eigenvalue weighted by atomic mass is 10.1. The highest BCUT2D eigenvalue weighted by molar-refractivity contribution is 7.86. The number of hydrogen-bond donors (Lipinski definition) is 1. The van der Waals surface area contributed by atoms with Gasteiger partial charge >= 0.3 is 15.6 Å². The van der Waals surface area contributed by atoms with Crippen LogP contribution in [0, 0.1) is 0 Å². The van der Waals surface area contributed by atoms with E-state index in [1.54, 1.807) is 0 Å². The van der Waals surface area contributed by atoms with Crippen molar-refractivity contribution in [1.29, 1.82) is 0 Å². The van der Waals surface area contributed by atoms with Crippen molar-refractivity contribution in [3.8, 4) is 0 Å². The van der Waals surface area contributed by atoms with E-state index in [4.69, 9.17) is 13.0 Å². The maximum atomic E-state index is 10.7. The fraction of sp³-hybridized carbons (Fsp3) is 0.733. The molecule has 1 heterocycles. The van der Waals surface area contributed by atoms with E-state index < -0.39 is 15.6 Å². The van der Waals surface area contributed by atoms with Gasteiger partial charge in [-0.25, -0.2) is 0 Å². The number of halogens is 3. The van der Waals surface area contributed by atoms with Gasteiger partial charge < -0.3 is 4.57 Å². The average molecular weight is 357 g/mol. The average Bonchev–Trinajstić information content (AvgIpc) is 2.85. The second kappa shape index (κ2) is 10.7. The molecule has 8 heteroatoms. The zero-order valence-electron chi connectivity index (χ0n) is 13.6. The monoisotopic (exact) mass is 357 g/mol. The summed E-state index contributed by atoms with van der Waals surface area (Å²) in [6.07, 6.45) is 11.6. The Morgan fingerprint density at radius 1 is 1.09 bits per heavy atom. The molecule has 4 nitrogen and oxygen atoms in total. The lowest BCUT2D eigenvalue weighted by Gasteiger charge is -2.08. The van der Waals surface area contributed by atoms with Gasteiger partial charge in [-0.1, -0.05) is 46.0 Å². The van der Waals surface area contributed by atoms with Gasteiger partial charge in [0, 0.05) is 18.4 Å². The van der Waals surface area contributed by atoms with Gasteiger partial charge in [-0.15, -0.1) is 0 Å². The molecular formula is C15H26F3NO3S. The summed E-state index contributed by atoms with van der Waals surface area (Å²) in [6, 6.07) is 4.44. The van der Waals surface area contributed by atoms with E-state index in [9.17, 15) is 13.2 Å². The van der Waals surface area contributed by atoms with Crippen LogP contribution in [0.4, 0.5) is 13.2 Å². The SMILES string of the molecule is CCCCCCCn1cccc1CCC.O=S(=O)(O)C(F)(F)F. The van der Waals surface area contributed by atoms with E-state index in [1.165, 1.54) is 57.2 Å². The summed E-state index contributed by atoms with van der Waals surface area (Å²) in [4.78, 5) is 0. The summed E-state index contributed by atoms with van der Waals surface area (Å²) in [5, 5.41) is 0. The standard InChI is InChI=1S/C14H25N.CHF3O3S/c1-3-5-6-7-8-12-15-13-9-11-14(15)10-4-2;2-1(3,4)8(5,6)7/h9,11,13H,3-8,10,12H2,1-2H3;(H,5,6,7). The quantitative estimate of drug-likeness (QED) is 0.413. The Morgan fingerprint density at radius 3 is 2.13 bits per heavy atom. The van der Waals surface area contributed by atoms with Crippen LogP contribution in [0.15, 0.2) is 18.3 Å². The van der Waals surface area contributed by atoms with Crippen LogP contribution in [-0.4, -0.2) is 23.0 Å². The Bertz CT molecular complexity index is 524. The van der Waals surface area contributed by atoms with Crippen LogP contribution in [0.1, 0.15) is 58.1 Å². The van der Waals surface area contributed by atoms with Gasteiger partial charge in [0.05, 0.1) is 0 Å². The number of hydrogen-bond acceptors (Lipinski definition) is 2. The van der Waals surface area contributed by atoms with Gasteiger partial charge in [0.25, 0.3) is 0 Å². The molecule has 1 aromatic rings. The molecule has 1 aromatic heterocycles. The molecule has 0 aliphatic carbocycles. The topological polar surface area (TPSA) is 59.3 Å². The van der Waals surface area contributed by atoms with E-state index >= 15 is 0 Å². The van der Waals surface area contributed by atoms with Gasteiger partial charge in [0.1, 0.15) is 0 Å². The Kier molecular flexibility index (Phi) is 10.2. The first kappa shape index (κ1) is 22.0. The second-order valence-electron chi connectivity index (χ2n) is 5.28. The highest BCUT2D eigenvalue weighted by Crippen LogP contribution is 2.20. The molecule has 23 heavy (non-hydrogen) atoms. The molecule has 0 saturated carbocycles. The summed E-state index contributed by atoms with van der Waals surface area (Å²) in [7, 11) is -5.84. The fourth-order valence-electron chi connectivity index (χ4n) is 2.04. The van der Waals surface area contributed by atoms with Crippen LogP contribution in [0.25, 0.3) is 0 Å². The maximum absolute atomic E-state index is 10.7. The van der Waals surface area contributed by atoms with Gasteiger partial charge in [0.2, 0.25) is 0 Å². The van der Waals surface area contributed by atoms with Crippen molar-refractivity contribution < 1.29 is 26.1 Å². The lowest BCUT2D eigenvalue weighted by molar-refractivity contribution is -0.0510. The number of unbranched alkanes of at least 4 members (excludes halogenated alkanes) is 4. The highest BCUT2D eigenvalue weighted by Gasteiger charge is 2.44. The molecule has 0 fully saturated rings. The first-order valence-electron chi connectivity index (χ1n) is 7.81. The van der Waals surface area contributed by atoms with Crippen LogP contribution in [0.2, 0.25) is 0 Å². The molecule has 0 atom stereocenters. The van der Waals surface area contributed by atoms with Gasteiger partial charge in [-0.3, -0.25) is 4.55 Å². The predicted molar refractivity (Wildman–Crippen MR) is 84.8 cm³/mol. The van der Waals surface area contributed by atoms with Crippen molar-refractivity contribution in [2.24, 2.45) is 0 Å². The van der Waals surface area contributed by atoms with Crippen LogP contribution in [0.5, 0.6) is 0 Å². The molecule has 0 saturated heterocycles. The largest absolute Gasteiger partial charge is 0.522 e. The molecule has 0 aromatic carbocycles. The summed E-state index contributed by atoms with van der Waals surface area (Å²) in [6.45, 7) is 5.73. The maximum Gasteiger partial charge on any atom is 0.522 e. The van der Waals surface area contributed by atoms with Crippen LogP contribution < -0.4 is 0 Å². The first-order chi connectivity index (χ1) is 10.6. The molecule has 1 rings (SSSR count). The van der Waals surface area contributed by atoms with Crippen LogP contribution in [0.3, 0.4) is 0 Å². The normalized spacial score (nSPS) is 11.9. The van der Waals surface area contributed by atoms with Crippen molar-refractivity contribution in [2.45, 2.75) is 70.8 Å². The zero-order chi connectivity index (χ0) is 17.9. The van der Waals surface area contributed by atoms with Crippen LogP contribution >= 0.6 is 0 Å². The number of rotatable bonds is 8. The minimum Gasteiger partial charge on any atom is -0.351 e. The highest BCUT2D eigenvalue weighted by atomic mass is 32.2. The third kappa shape index (κ3) is 9.65. The predicted octanol–water partition coefficient (Wildman–Crippen LogP) is 4.81. The van der Waals surface area contributed by atoms with Crippen molar-refractivity contribution in [3.05, 3.63) is 24.0 Å². The lowest BCUT2D eigenvalue weighted by Crippen LogP contribution is -2.21. The molecule has 0 aliphatic rings. The summed E-state index contributed by atoms with van der Waals surface area (Å²) >= 11 is 0. The van der Waals surface area contributed by atoms with Crippen molar-refractivity contribution in [1.82, 2.24) is 4.57 Å². The molecular weight excluding hydrogens is 331 g/mol. The van der Waals surface area contributed by atoms with E-state index in [2.05, 4.69) is 36.7 Å². The fourth-order valence-corrected chi connectivity index (χ4v) is 2.04. The van der Waals surface area contributed by atoms with Crippen molar-refractivity contribution in [3.63, 3.8) is 0 Å². The number of aryl methyl sites for hydroxylation is 2. The zero-order valence-corrected chi connectivity index (χ0v) is 14.5. The van der Waals surface area contributed by atoms with Crippen molar-refractivity contribution in [2.75, 3.05) is 0 Å². The summed E-state index contributed by atoms with van der Waals surface area (Å²) in [5.74, 6) is 0. The molecule has 0 unspecified atom stereocenters. The van der Waals surface area contributed by atoms with Gasteiger partial charge in [0.15, 0.2) is 0 Å². The molecule has 0 aliphatic heterocycles. The van der Waals surface area contributed by atoms with E-state index in [1.807, 2.05) is 0 Å². The molecule has 0 amide bonds.